The Morgan fingerprint density at radius 3 is 2.79 bits per heavy atom. The van der Waals surface area contributed by atoms with Crippen LogP contribution in [-0.4, -0.2) is 16.2 Å². The van der Waals surface area contributed by atoms with Crippen molar-refractivity contribution in [2.75, 3.05) is 0 Å². The number of rotatable bonds is 5. The molecule has 0 fully saturated rings. The van der Waals surface area contributed by atoms with Crippen LogP contribution in [0.5, 0.6) is 0 Å². The lowest BCUT2D eigenvalue weighted by atomic mass is 10.2. The zero-order valence-corrected chi connectivity index (χ0v) is 12.7. The summed E-state index contributed by atoms with van der Waals surface area (Å²) in [5.74, 6) is -0.207. The molecule has 6 heteroatoms. The normalized spacial score (nSPS) is 11.2. The first-order valence-electron chi connectivity index (χ1n) is 6.05. The predicted octanol–water partition coefficient (Wildman–Crippen LogP) is 3.63. The molecular formula is C13H16FN3S2. The van der Waals surface area contributed by atoms with E-state index in [2.05, 4.69) is 29.4 Å². The van der Waals surface area contributed by atoms with Crippen LogP contribution in [0.15, 0.2) is 27.4 Å². The Morgan fingerprint density at radius 1 is 1.37 bits per heavy atom. The summed E-state index contributed by atoms with van der Waals surface area (Å²) in [5, 5.41) is 12.2. The van der Waals surface area contributed by atoms with Crippen molar-refractivity contribution in [1.29, 1.82) is 0 Å². The number of aryl methyl sites for hydroxylation is 1. The summed E-state index contributed by atoms with van der Waals surface area (Å²) in [6.07, 6.45) is 0. The van der Waals surface area contributed by atoms with Gasteiger partial charge in [-0.3, -0.25) is 0 Å². The number of benzene rings is 1. The molecule has 1 heterocycles. The van der Waals surface area contributed by atoms with Gasteiger partial charge in [0.25, 0.3) is 0 Å². The van der Waals surface area contributed by atoms with Crippen molar-refractivity contribution in [2.24, 2.45) is 0 Å². The van der Waals surface area contributed by atoms with Crippen LogP contribution in [-0.2, 0) is 6.54 Å². The summed E-state index contributed by atoms with van der Waals surface area (Å²) in [6.45, 7) is 6.68. The van der Waals surface area contributed by atoms with E-state index in [-0.39, 0.29) is 5.82 Å². The molecule has 19 heavy (non-hydrogen) atoms. The second kappa shape index (κ2) is 6.45. The zero-order chi connectivity index (χ0) is 13.8. The fourth-order valence-electron chi connectivity index (χ4n) is 1.53. The van der Waals surface area contributed by atoms with E-state index in [4.69, 9.17) is 0 Å². The topological polar surface area (TPSA) is 37.8 Å². The van der Waals surface area contributed by atoms with Crippen LogP contribution in [0.4, 0.5) is 4.39 Å². The molecule has 0 saturated heterocycles. The maximum Gasteiger partial charge on any atom is 0.179 e. The van der Waals surface area contributed by atoms with Crippen LogP contribution in [0.1, 0.15) is 24.4 Å². The number of nitrogens with one attached hydrogen (secondary N) is 1. The summed E-state index contributed by atoms with van der Waals surface area (Å²) in [7, 11) is 0. The predicted molar refractivity (Wildman–Crippen MR) is 77.1 cm³/mol. The molecule has 0 atom stereocenters. The van der Waals surface area contributed by atoms with Crippen LogP contribution < -0.4 is 5.32 Å². The van der Waals surface area contributed by atoms with Crippen LogP contribution >= 0.6 is 23.1 Å². The number of nitrogens with zero attached hydrogens (tertiary/aromatic N) is 2. The zero-order valence-electron chi connectivity index (χ0n) is 11.1. The second-order valence-electron chi connectivity index (χ2n) is 4.45. The summed E-state index contributed by atoms with van der Waals surface area (Å²) >= 11 is 2.82. The maximum atomic E-state index is 14.0. The van der Waals surface area contributed by atoms with Crippen LogP contribution in [0, 0.1) is 12.7 Å². The van der Waals surface area contributed by atoms with E-state index in [0.29, 0.717) is 17.5 Å². The van der Waals surface area contributed by atoms with Crippen molar-refractivity contribution in [3.8, 4) is 0 Å². The quantitative estimate of drug-likeness (QED) is 0.914. The first kappa shape index (κ1) is 14.4. The summed E-state index contributed by atoms with van der Waals surface area (Å²) in [4.78, 5) is 0.631. The van der Waals surface area contributed by atoms with Gasteiger partial charge in [-0.1, -0.05) is 49.1 Å². The maximum absolute atomic E-state index is 14.0. The summed E-state index contributed by atoms with van der Waals surface area (Å²) in [5.41, 5.74) is 0.951. The average Bonchev–Trinajstić information content (AvgIpc) is 2.75. The van der Waals surface area contributed by atoms with Gasteiger partial charge in [0, 0.05) is 12.6 Å². The molecular weight excluding hydrogens is 281 g/mol. The van der Waals surface area contributed by atoms with Crippen molar-refractivity contribution in [2.45, 2.75) is 42.6 Å². The van der Waals surface area contributed by atoms with Gasteiger partial charge in [0.05, 0.1) is 4.90 Å². The van der Waals surface area contributed by atoms with E-state index in [0.717, 1.165) is 14.9 Å². The third-order valence-electron chi connectivity index (χ3n) is 2.45. The van der Waals surface area contributed by atoms with E-state index >= 15 is 0 Å². The average molecular weight is 297 g/mol. The standard InChI is InChI=1S/C13H16FN3S2/c1-8(2)15-7-10-5-4-6-11(14)12(10)19-13-17-16-9(3)18-13/h4-6,8,15H,7H2,1-3H3. The molecule has 0 aliphatic rings. The van der Waals surface area contributed by atoms with Crippen molar-refractivity contribution in [1.82, 2.24) is 15.5 Å². The van der Waals surface area contributed by atoms with Crippen molar-refractivity contribution >= 4 is 23.1 Å². The highest BCUT2D eigenvalue weighted by Crippen LogP contribution is 2.34. The Bertz CT molecular complexity index is 555. The molecule has 2 rings (SSSR count). The summed E-state index contributed by atoms with van der Waals surface area (Å²) in [6, 6.07) is 5.52. The molecule has 0 saturated carbocycles. The number of hydrogen-bond donors (Lipinski definition) is 1. The van der Waals surface area contributed by atoms with Gasteiger partial charge in [-0.2, -0.15) is 0 Å². The summed E-state index contributed by atoms with van der Waals surface area (Å²) < 4.78 is 14.7. The minimum atomic E-state index is -0.207. The molecule has 0 amide bonds. The Labute approximate surface area is 120 Å². The largest absolute Gasteiger partial charge is 0.310 e. The molecule has 2 aromatic rings. The highest BCUT2D eigenvalue weighted by molar-refractivity contribution is 8.01. The van der Waals surface area contributed by atoms with Crippen LogP contribution in [0.2, 0.25) is 0 Å². The highest BCUT2D eigenvalue weighted by Gasteiger charge is 2.13. The first-order valence-corrected chi connectivity index (χ1v) is 7.68. The fraction of sp³-hybridized carbons (Fsp3) is 0.385. The Hall–Kier alpha value is -0.980. The van der Waals surface area contributed by atoms with Gasteiger partial charge in [0.1, 0.15) is 10.8 Å². The van der Waals surface area contributed by atoms with Gasteiger partial charge in [-0.25, -0.2) is 4.39 Å². The van der Waals surface area contributed by atoms with Gasteiger partial charge in [0.2, 0.25) is 0 Å². The fourth-order valence-corrected chi connectivity index (χ4v) is 3.42. The van der Waals surface area contributed by atoms with E-state index < -0.39 is 0 Å². The third-order valence-corrected chi connectivity index (χ3v) is 4.50. The van der Waals surface area contributed by atoms with Crippen molar-refractivity contribution in [3.63, 3.8) is 0 Å². The highest BCUT2D eigenvalue weighted by atomic mass is 32.2. The molecule has 3 nitrogen and oxygen atoms in total. The van der Waals surface area contributed by atoms with E-state index in [1.807, 2.05) is 13.0 Å². The van der Waals surface area contributed by atoms with Gasteiger partial charge in [0.15, 0.2) is 4.34 Å². The molecule has 0 radical (unpaired) electrons. The van der Waals surface area contributed by atoms with Gasteiger partial charge in [-0.15, -0.1) is 10.2 Å². The lowest BCUT2D eigenvalue weighted by Gasteiger charge is -2.12. The van der Waals surface area contributed by atoms with E-state index in [1.165, 1.54) is 29.2 Å². The molecule has 0 aliphatic heterocycles. The molecule has 0 bridgehead atoms. The van der Waals surface area contributed by atoms with E-state index in [1.54, 1.807) is 6.07 Å². The third kappa shape index (κ3) is 3.99. The van der Waals surface area contributed by atoms with Gasteiger partial charge < -0.3 is 5.32 Å². The number of halogens is 1. The van der Waals surface area contributed by atoms with Crippen LogP contribution in [0.25, 0.3) is 0 Å². The minimum Gasteiger partial charge on any atom is -0.310 e. The molecule has 0 spiro atoms. The Morgan fingerprint density at radius 2 is 2.16 bits per heavy atom. The van der Waals surface area contributed by atoms with Crippen molar-refractivity contribution in [3.05, 3.63) is 34.6 Å². The first-order chi connectivity index (χ1) is 9.06. The van der Waals surface area contributed by atoms with E-state index in [9.17, 15) is 4.39 Å². The molecule has 0 aliphatic carbocycles. The molecule has 1 aromatic heterocycles. The molecule has 0 unspecified atom stereocenters. The lowest BCUT2D eigenvalue weighted by Crippen LogP contribution is -2.22. The lowest BCUT2D eigenvalue weighted by molar-refractivity contribution is 0.564. The molecule has 1 aromatic carbocycles. The SMILES string of the molecule is Cc1nnc(Sc2c(F)cccc2CNC(C)C)s1. The monoisotopic (exact) mass is 297 g/mol. The Balaban J connectivity index is 2.22. The molecule has 1 N–H and O–H groups in total. The number of aromatic nitrogens is 2. The van der Waals surface area contributed by atoms with Crippen LogP contribution in [0.3, 0.4) is 0 Å². The number of hydrogen-bond acceptors (Lipinski definition) is 5. The minimum absolute atomic E-state index is 0.207. The second-order valence-corrected chi connectivity index (χ2v) is 6.89. The van der Waals surface area contributed by atoms with Gasteiger partial charge in [-0.05, 0) is 18.6 Å². The van der Waals surface area contributed by atoms with Crippen molar-refractivity contribution < 1.29 is 4.39 Å². The Kier molecular flexibility index (Phi) is 4.90. The smallest absolute Gasteiger partial charge is 0.179 e. The molecule has 102 valence electrons. The van der Waals surface area contributed by atoms with Gasteiger partial charge >= 0.3 is 0 Å².